The quantitative estimate of drug-likeness (QED) is 0.612. The van der Waals surface area contributed by atoms with Gasteiger partial charge < -0.3 is 15.1 Å². The standard InChI is InChI=1S/C24H31N3O2S/c1-4-27(18(2)3)20-13-11-19(12-14-20)25-24(29)21-9-5-6-10-22(21)30-17-23(28)26-15-7-8-16-26/h5-6,9-14,18H,4,7-8,15-17H2,1-3H3,(H,25,29). The zero-order chi connectivity index (χ0) is 21.5. The highest BCUT2D eigenvalue weighted by Crippen LogP contribution is 2.25. The van der Waals surface area contributed by atoms with E-state index in [1.165, 1.54) is 11.8 Å². The highest BCUT2D eigenvalue weighted by Gasteiger charge is 2.19. The van der Waals surface area contributed by atoms with Gasteiger partial charge in [0.2, 0.25) is 5.91 Å². The molecule has 0 bridgehead atoms. The molecule has 2 amide bonds. The molecule has 0 saturated carbocycles. The van der Waals surface area contributed by atoms with Gasteiger partial charge in [0.15, 0.2) is 0 Å². The van der Waals surface area contributed by atoms with Crippen molar-refractivity contribution in [3.05, 3.63) is 54.1 Å². The summed E-state index contributed by atoms with van der Waals surface area (Å²) >= 11 is 1.43. The van der Waals surface area contributed by atoms with Crippen molar-refractivity contribution in [2.45, 2.75) is 44.6 Å². The van der Waals surface area contributed by atoms with E-state index >= 15 is 0 Å². The molecule has 0 atom stereocenters. The number of carbonyl (C=O) groups excluding carboxylic acids is 2. The second-order valence-electron chi connectivity index (χ2n) is 7.75. The van der Waals surface area contributed by atoms with Gasteiger partial charge in [-0.2, -0.15) is 0 Å². The van der Waals surface area contributed by atoms with Crippen LogP contribution in [0.25, 0.3) is 0 Å². The fourth-order valence-corrected chi connectivity index (χ4v) is 4.71. The summed E-state index contributed by atoms with van der Waals surface area (Å²) in [6.07, 6.45) is 2.17. The molecule has 0 spiro atoms. The lowest BCUT2D eigenvalue weighted by atomic mass is 10.2. The Bertz CT molecular complexity index is 861. The highest BCUT2D eigenvalue weighted by atomic mass is 32.2. The molecule has 3 rings (SSSR count). The van der Waals surface area contributed by atoms with Crippen molar-refractivity contribution in [2.75, 3.05) is 35.6 Å². The number of hydrogen-bond acceptors (Lipinski definition) is 4. The first-order valence-electron chi connectivity index (χ1n) is 10.7. The summed E-state index contributed by atoms with van der Waals surface area (Å²) < 4.78 is 0. The maximum atomic E-state index is 12.9. The molecule has 160 valence electrons. The van der Waals surface area contributed by atoms with Gasteiger partial charge >= 0.3 is 0 Å². The third-order valence-electron chi connectivity index (χ3n) is 5.36. The average Bonchev–Trinajstić information content (AvgIpc) is 3.29. The van der Waals surface area contributed by atoms with Crippen molar-refractivity contribution in [2.24, 2.45) is 0 Å². The monoisotopic (exact) mass is 425 g/mol. The van der Waals surface area contributed by atoms with E-state index in [4.69, 9.17) is 0 Å². The second-order valence-corrected chi connectivity index (χ2v) is 8.77. The van der Waals surface area contributed by atoms with Crippen molar-refractivity contribution in [3.8, 4) is 0 Å². The number of anilines is 2. The molecule has 6 heteroatoms. The van der Waals surface area contributed by atoms with Crippen LogP contribution >= 0.6 is 11.8 Å². The predicted molar refractivity (Wildman–Crippen MR) is 126 cm³/mol. The number of likely N-dealkylation sites (tertiary alicyclic amines) is 1. The van der Waals surface area contributed by atoms with Crippen LogP contribution < -0.4 is 10.2 Å². The van der Waals surface area contributed by atoms with Crippen molar-refractivity contribution < 1.29 is 9.59 Å². The van der Waals surface area contributed by atoms with E-state index in [-0.39, 0.29) is 11.8 Å². The van der Waals surface area contributed by atoms with Crippen LogP contribution in [0.15, 0.2) is 53.4 Å². The van der Waals surface area contributed by atoms with Crippen molar-refractivity contribution in [1.82, 2.24) is 4.90 Å². The predicted octanol–water partition coefficient (Wildman–Crippen LogP) is 4.89. The van der Waals surface area contributed by atoms with Gasteiger partial charge in [-0.25, -0.2) is 0 Å². The first kappa shape index (κ1) is 22.2. The van der Waals surface area contributed by atoms with E-state index in [2.05, 4.69) is 31.0 Å². The lowest BCUT2D eigenvalue weighted by Gasteiger charge is -2.27. The summed E-state index contributed by atoms with van der Waals surface area (Å²) in [5.41, 5.74) is 2.50. The van der Waals surface area contributed by atoms with E-state index in [1.807, 2.05) is 53.4 Å². The topological polar surface area (TPSA) is 52.7 Å². The maximum absolute atomic E-state index is 12.9. The Morgan fingerprint density at radius 3 is 2.37 bits per heavy atom. The van der Waals surface area contributed by atoms with Gasteiger partial charge in [0.1, 0.15) is 0 Å². The molecule has 2 aromatic carbocycles. The van der Waals surface area contributed by atoms with Gasteiger partial charge in [0.05, 0.1) is 11.3 Å². The molecule has 1 saturated heterocycles. The Kier molecular flexibility index (Phi) is 7.80. The van der Waals surface area contributed by atoms with Crippen LogP contribution in [0.3, 0.4) is 0 Å². The molecule has 30 heavy (non-hydrogen) atoms. The van der Waals surface area contributed by atoms with E-state index in [1.54, 1.807) is 0 Å². The second kappa shape index (κ2) is 10.5. The van der Waals surface area contributed by atoms with Gasteiger partial charge in [-0.1, -0.05) is 12.1 Å². The molecule has 0 aromatic heterocycles. The van der Waals surface area contributed by atoms with Crippen molar-refractivity contribution in [1.29, 1.82) is 0 Å². The van der Waals surface area contributed by atoms with Crippen LogP contribution in [-0.4, -0.2) is 48.1 Å². The van der Waals surface area contributed by atoms with Gasteiger partial charge in [-0.05, 0) is 70.0 Å². The fourth-order valence-electron chi connectivity index (χ4n) is 3.76. The molecule has 1 aliphatic rings. The number of nitrogens with one attached hydrogen (secondary N) is 1. The van der Waals surface area contributed by atoms with E-state index in [9.17, 15) is 9.59 Å². The van der Waals surface area contributed by atoms with Crippen LogP contribution in [-0.2, 0) is 4.79 Å². The summed E-state index contributed by atoms with van der Waals surface area (Å²) in [5.74, 6) is 0.353. The number of amides is 2. The number of hydrogen-bond donors (Lipinski definition) is 1. The Morgan fingerprint density at radius 2 is 1.73 bits per heavy atom. The summed E-state index contributed by atoms with van der Waals surface area (Å²) in [7, 11) is 0. The first-order chi connectivity index (χ1) is 14.5. The summed E-state index contributed by atoms with van der Waals surface area (Å²) in [5, 5.41) is 2.99. The minimum Gasteiger partial charge on any atom is -0.369 e. The number of rotatable bonds is 8. The number of benzene rings is 2. The molecule has 1 aliphatic heterocycles. The number of nitrogens with zero attached hydrogens (tertiary/aromatic N) is 2. The largest absolute Gasteiger partial charge is 0.369 e. The van der Waals surface area contributed by atoms with Gasteiger partial charge in [-0.15, -0.1) is 11.8 Å². The lowest BCUT2D eigenvalue weighted by molar-refractivity contribution is -0.127. The number of thioether (sulfide) groups is 1. The Hall–Kier alpha value is -2.47. The Balaban J connectivity index is 1.64. The zero-order valence-corrected chi connectivity index (χ0v) is 18.9. The van der Waals surface area contributed by atoms with E-state index in [0.29, 0.717) is 17.4 Å². The molecule has 0 radical (unpaired) electrons. The van der Waals surface area contributed by atoms with Crippen molar-refractivity contribution >= 4 is 35.0 Å². The minimum absolute atomic E-state index is 0.147. The molecule has 5 nitrogen and oxygen atoms in total. The molecule has 1 N–H and O–H groups in total. The Morgan fingerprint density at radius 1 is 1.07 bits per heavy atom. The van der Waals surface area contributed by atoms with Crippen LogP contribution in [0, 0.1) is 0 Å². The molecular weight excluding hydrogens is 394 g/mol. The smallest absolute Gasteiger partial charge is 0.256 e. The minimum atomic E-state index is -0.157. The molecule has 0 unspecified atom stereocenters. The Labute approximate surface area is 183 Å². The van der Waals surface area contributed by atoms with E-state index < -0.39 is 0 Å². The maximum Gasteiger partial charge on any atom is 0.256 e. The van der Waals surface area contributed by atoms with Gasteiger partial charge in [0, 0.05) is 41.9 Å². The van der Waals surface area contributed by atoms with Gasteiger partial charge in [-0.3, -0.25) is 9.59 Å². The zero-order valence-electron chi connectivity index (χ0n) is 18.1. The first-order valence-corrected chi connectivity index (χ1v) is 11.7. The van der Waals surface area contributed by atoms with Crippen LogP contribution in [0.2, 0.25) is 0 Å². The SMILES string of the molecule is CCN(c1ccc(NC(=O)c2ccccc2SCC(=O)N2CCCC2)cc1)C(C)C. The fraction of sp³-hybridized carbons (Fsp3) is 0.417. The lowest BCUT2D eigenvalue weighted by Crippen LogP contribution is -2.30. The highest BCUT2D eigenvalue weighted by molar-refractivity contribution is 8.00. The molecule has 1 fully saturated rings. The third-order valence-corrected chi connectivity index (χ3v) is 6.42. The third kappa shape index (κ3) is 5.57. The summed E-state index contributed by atoms with van der Waals surface area (Å²) in [4.78, 5) is 30.3. The summed E-state index contributed by atoms with van der Waals surface area (Å²) in [6.45, 7) is 9.11. The number of carbonyl (C=O) groups is 2. The molecular formula is C24H31N3O2S. The average molecular weight is 426 g/mol. The van der Waals surface area contributed by atoms with Crippen LogP contribution in [0.5, 0.6) is 0 Å². The van der Waals surface area contributed by atoms with Crippen LogP contribution in [0.1, 0.15) is 44.0 Å². The van der Waals surface area contributed by atoms with Crippen LogP contribution in [0.4, 0.5) is 11.4 Å². The summed E-state index contributed by atoms with van der Waals surface area (Å²) in [6, 6.07) is 15.8. The molecule has 1 heterocycles. The van der Waals surface area contributed by atoms with Crippen molar-refractivity contribution in [3.63, 3.8) is 0 Å². The van der Waals surface area contributed by atoms with Gasteiger partial charge in [0.25, 0.3) is 5.91 Å². The normalized spacial score (nSPS) is 13.5. The molecule has 0 aliphatic carbocycles. The molecule has 2 aromatic rings. The van der Waals surface area contributed by atoms with E-state index in [0.717, 1.165) is 48.7 Å².